The Balaban J connectivity index is 1.89. The molecule has 3 heteroatoms. The van der Waals surface area contributed by atoms with E-state index in [9.17, 15) is 4.79 Å². The Hall–Kier alpha value is -1.35. The number of epoxide rings is 1. The number of carbonyl (C=O) groups is 1. The first kappa shape index (κ1) is 8.26. The van der Waals surface area contributed by atoms with Crippen molar-refractivity contribution in [3.8, 4) is 0 Å². The van der Waals surface area contributed by atoms with Crippen LogP contribution in [0.25, 0.3) is 0 Å². The molecule has 0 unspecified atom stereocenters. The topological polar surface area (TPSA) is 41.6 Å². The fourth-order valence-corrected chi connectivity index (χ4v) is 1.08. The quantitative estimate of drug-likeness (QED) is 0.694. The van der Waals surface area contributed by atoms with Crippen LogP contribution in [0.4, 0.5) is 0 Å². The summed E-state index contributed by atoms with van der Waals surface area (Å²) in [6.07, 6.45) is 0.243. The minimum Gasteiger partial charge on any atom is -0.371 e. The first-order valence-electron chi connectivity index (χ1n) is 4.31. The molecule has 0 bridgehead atoms. The zero-order chi connectivity index (χ0) is 9.10. The van der Waals surface area contributed by atoms with Gasteiger partial charge in [0.1, 0.15) is 0 Å². The molecule has 1 fully saturated rings. The van der Waals surface area contributed by atoms with Crippen LogP contribution < -0.4 is 5.32 Å². The minimum atomic E-state index is -0.0314. The van der Waals surface area contributed by atoms with Crippen molar-refractivity contribution in [3.05, 3.63) is 35.9 Å². The molecule has 0 radical (unpaired) electrons. The van der Waals surface area contributed by atoms with E-state index in [0.29, 0.717) is 12.1 Å². The predicted molar refractivity (Wildman–Crippen MR) is 48.5 cm³/mol. The summed E-state index contributed by atoms with van der Waals surface area (Å²) in [7, 11) is 0. The molecule has 2 rings (SSSR count). The third-order valence-electron chi connectivity index (χ3n) is 1.93. The van der Waals surface area contributed by atoms with E-state index in [2.05, 4.69) is 5.32 Å². The number of hydrogen-bond donors (Lipinski definition) is 1. The normalized spacial score (nSPS) is 19.5. The van der Waals surface area contributed by atoms with E-state index in [4.69, 9.17) is 4.74 Å². The summed E-state index contributed by atoms with van der Waals surface area (Å²) in [6, 6.07) is 9.18. The van der Waals surface area contributed by atoms with Gasteiger partial charge in [0.2, 0.25) is 0 Å². The second kappa shape index (κ2) is 3.58. The van der Waals surface area contributed by atoms with Crippen LogP contribution in [0.5, 0.6) is 0 Å². The summed E-state index contributed by atoms with van der Waals surface area (Å²) in [5.41, 5.74) is 0.697. The van der Waals surface area contributed by atoms with Gasteiger partial charge in [0.15, 0.2) is 0 Å². The van der Waals surface area contributed by atoms with Crippen molar-refractivity contribution >= 4 is 5.91 Å². The highest BCUT2D eigenvalue weighted by Gasteiger charge is 2.22. The summed E-state index contributed by atoms with van der Waals surface area (Å²) in [5.74, 6) is -0.0314. The second-order valence-electron chi connectivity index (χ2n) is 3.03. The highest BCUT2D eigenvalue weighted by Crippen LogP contribution is 2.06. The number of rotatable bonds is 3. The SMILES string of the molecule is O=C(NC[C@@H]1CO1)c1ccccc1. The van der Waals surface area contributed by atoms with Gasteiger partial charge in [0, 0.05) is 12.1 Å². The Labute approximate surface area is 76.7 Å². The van der Waals surface area contributed by atoms with Gasteiger partial charge in [-0.2, -0.15) is 0 Å². The van der Waals surface area contributed by atoms with Crippen molar-refractivity contribution in [2.24, 2.45) is 0 Å². The molecular formula is C10H11NO2. The van der Waals surface area contributed by atoms with Gasteiger partial charge in [-0.3, -0.25) is 4.79 Å². The molecule has 1 heterocycles. The molecule has 1 atom stereocenters. The van der Waals surface area contributed by atoms with Crippen LogP contribution in [0.1, 0.15) is 10.4 Å². The molecule has 0 saturated carbocycles. The fraction of sp³-hybridized carbons (Fsp3) is 0.300. The number of hydrogen-bond acceptors (Lipinski definition) is 2. The third-order valence-corrected chi connectivity index (χ3v) is 1.93. The first-order valence-corrected chi connectivity index (χ1v) is 4.31. The Morgan fingerprint density at radius 1 is 1.46 bits per heavy atom. The van der Waals surface area contributed by atoms with Crippen molar-refractivity contribution < 1.29 is 9.53 Å². The Bertz CT molecular complexity index is 293. The number of benzene rings is 1. The lowest BCUT2D eigenvalue weighted by atomic mass is 10.2. The fourth-order valence-electron chi connectivity index (χ4n) is 1.08. The average molecular weight is 177 g/mol. The van der Waals surface area contributed by atoms with E-state index in [0.717, 1.165) is 6.61 Å². The van der Waals surface area contributed by atoms with Gasteiger partial charge in [-0.15, -0.1) is 0 Å². The lowest BCUT2D eigenvalue weighted by molar-refractivity contribution is 0.0950. The molecule has 13 heavy (non-hydrogen) atoms. The van der Waals surface area contributed by atoms with Gasteiger partial charge in [0.25, 0.3) is 5.91 Å². The standard InChI is InChI=1S/C10H11NO2/c12-10(11-6-9-7-13-9)8-4-2-1-3-5-8/h1-5,9H,6-7H2,(H,11,12)/t9-/m1/s1. The predicted octanol–water partition coefficient (Wildman–Crippen LogP) is 0.815. The van der Waals surface area contributed by atoms with Gasteiger partial charge < -0.3 is 10.1 Å². The van der Waals surface area contributed by atoms with Gasteiger partial charge >= 0.3 is 0 Å². The highest BCUT2D eigenvalue weighted by molar-refractivity contribution is 5.94. The molecular weight excluding hydrogens is 166 g/mol. The zero-order valence-corrected chi connectivity index (χ0v) is 7.19. The zero-order valence-electron chi connectivity index (χ0n) is 7.19. The van der Waals surface area contributed by atoms with E-state index in [1.54, 1.807) is 12.1 Å². The van der Waals surface area contributed by atoms with Gasteiger partial charge in [0.05, 0.1) is 12.7 Å². The molecule has 0 spiro atoms. The third kappa shape index (κ3) is 2.29. The first-order chi connectivity index (χ1) is 6.36. The van der Waals surface area contributed by atoms with Crippen molar-refractivity contribution in [1.29, 1.82) is 0 Å². The molecule has 1 aromatic carbocycles. The summed E-state index contributed by atoms with van der Waals surface area (Å²) >= 11 is 0. The van der Waals surface area contributed by atoms with Crippen LogP contribution in [0, 0.1) is 0 Å². The molecule has 1 amide bonds. The van der Waals surface area contributed by atoms with Crippen LogP contribution in [-0.2, 0) is 4.74 Å². The molecule has 68 valence electrons. The molecule has 3 nitrogen and oxygen atoms in total. The smallest absolute Gasteiger partial charge is 0.251 e. The van der Waals surface area contributed by atoms with Crippen molar-refractivity contribution in [3.63, 3.8) is 0 Å². The largest absolute Gasteiger partial charge is 0.371 e. The lowest BCUT2D eigenvalue weighted by Crippen LogP contribution is -2.27. The maximum Gasteiger partial charge on any atom is 0.251 e. The Morgan fingerprint density at radius 2 is 2.15 bits per heavy atom. The second-order valence-corrected chi connectivity index (χ2v) is 3.03. The maximum atomic E-state index is 11.4. The van der Waals surface area contributed by atoms with Crippen LogP contribution in [0.3, 0.4) is 0 Å². The van der Waals surface area contributed by atoms with E-state index in [1.807, 2.05) is 18.2 Å². The maximum absolute atomic E-state index is 11.4. The van der Waals surface area contributed by atoms with Crippen molar-refractivity contribution in [2.75, 3.05) is 13.2 Å². The van der Waals surface area contributed by atoms with E-state index < -0.39 is 0 Å². The van der Waals surface area contributed by atoms with Gasteiger partial charge in [-0.05, 0) is 12.1 Å². The molecule has 1 N–H and O–H groups in total. The van der Waals surface area contributed by atoms with E-state index >= 15 is 0 Å². The molecule has 0 aromatic heterocycles. The van der Waals surface area contributed by atoms with Crippen molar-refractivity contribution in [2.45, 2.75) is 6.10 Å². The average Bonchev–Trinajstić information content (AvgIpc) is 2.99. The lowest BCUT2D eigenvalue weighted by Gasteiger charge is -2.01. The van der Waals surface area contributed by atoms with Crippen molar-refractivity contribution in [1.82, 2.24) is 5.32 Å². The van der Waals surface area contributed by atoms with Crippen LogP contribution in [0.15, 0.2) is 30.3 Å². The molecule has 1 aliphatic rings. The molecule has 0 aliphatic carbocycles. The van der Waals surface area contributed by atoms with E-state index in [-0.39, 0.29) is 12.0 Å². The highest BCUT2D eigenvalue weighted by atomic mass is 16.6. The number of ether oxygens (including phenoxy) is 1. The molecule has 1 saturated heterocycles. The Kier molecular flexibility index (Phi) is 2.27. The van der Waals surface area contributed by atoms with Crippen LogP contribution in [0.2, 0.25) is 0 Å². The van der Waals surface area contributed by atoms with Crippen LogP contribution >= 0.6 is 0 Å². The van der Waals surface area contributed by atoms with E-state index in [1.165, 1.54) is 0 Å². The summed E-state index contributed by atoms with van der Waals surface area (Å²) < 4.78 is 4.98. The number of amides is 1. The summed E-state index contributed by atoms with van der Waals surface area (Å²) in [5, 5.41) is 2.80. The van der Waals surface area contributed by atoms with Gasteiger partial charge in [-0.25, -0.2) is 0 Å². The molecule has 1 aromatic rings. The van der Waals surface area contributed by atoms with Gasteiger partial charge in [-0.1, -0.05) is 18.2 Å². The van der Waals surface area contributed by atoms with Crippen LogP contribution in [-0.4, -0.2) is 25.2 Å². The number of nitrogens with one attached hydrogen (secondary N) is 1. The number of carbonyl (C=O) groups excluding carboxylic acids is 1. The molecule has 1 aliphatic heterocycles. The monoisotopic (exact) mass is 177 g/mol. The summed E-state index contributed by atoms with van der Waals surface area (Å²) in [6.45, 7) is 1.39. The minimum absolute atomic E-state index is 0.0314. The Morgan fingerprint density at radius 3 is 2.77 bits per heavy atom. The summed E-state index contributed by atoms with van der Waals surface area (Å²) in [4.78, 5) is 11.4.